The quantitative estimate of drug-likeness (QED) is 0.870. The van der Waals surface area contributed by atoms with E-state index in [1.165, 1.54) is 12.8 Å². The second-order valence-electron chi connectivity index (χ2n) is 6.03. The minimum Gasteiger partial charge on any atom is -0.491 e. The molecule has 1 aromatic rings. The average Bonchev–Trinajstić information content (AvgIpc) is 3.07. The summed E-state index contributed by atoms with van der Waals surface area (Å²) in [5.74, 6) is 2.03. The van der Waals surface area contributed by atoms with Crippen LogP contribution >= 0.6 is 11.6 Å². The van der Waals surface area contributed by atoms with Gasteiger partial charge in [-0.3, -0.25) is 0 Å². The second-order valence-corrected chi connectivity index (χ2v) is 6.44. The predicted octanol–water partition coefficient (Wildman–Crippen LogP) is 3.42. The third kappa shape index (κ3) is 4.29. The van der Waals surface area contributed by atoms with Crippen molar-refractivity contribution >= 4 is 11.6 Å². The molecule has 1 saturated carbocycles. The van der Waals surface area contributed by atoms with Crippen LogP contribution in [0, 0.1) is 5.92 Å². The summed E-state index contributed by atoms with van der Waals surface area (Å²) in [6.45, 7) is 4.73. The van der Waals surface area contributed by atoms with Gasteiger partial charge in [-0.25, -0.2) is 0 Å². The van der Waals surface area contributed by atoms with Crippen molar-refractivity contribution in [1.29, 1.82) is 0 Å². The first kappa shape index (κ1) is 14.5. The maximum atomic E-state index is 6.25. The topological polar surface area (TPSA) is 44.5 Å². The van der Waals surface area contributed by atoms with Crippen LogP contribution in [0.15, 0.2) is 12.1 Å². The summed E-state index contributed by atoms with van der Waals surface area (Å²) in [6, 6.07) is 3.89. The Morgan fingerprint density at radius 1 is 1.37 bits per heavy atom. The van der Waals surface area contributed by atoms with E-state index in [0.717, 1.165) is 24.3 Å². The van der Waals surface area contributed by atoms with Crippen molar-refractivity contribution in [2.45, 2.75) is 38.6 Å². The molecule has 0 bridgehead atoms. The van der Waals surface area contributed by atoms with Crippen LogP contribution in [0.5, 0.6) is 11.5 Å². The molecule has 1 aliphatic rings. The lowest BCUT2D eigenvalue weighted by Gasteiger charge is -2.20. The van der Waals surface area contributed by atoms with Crippen LogP contribution < -0.4 is 15.2 Å². The first-order chi connectivity index (χ1) is 8.89. The van der Waals surface area contributed by atoms with E-state index in [-0.39, 0.29) is 5.54 Å². The van der Waals surface area contributed by atoms with E-state index >= 15 is 0 Å². The van der Waals surface area contributed by atoms with Crippen LogP contribution in [0.3, 0.4) is 0 Å². The first-order valence-corrected chi connectivity index (χ1v) is 7.05. The molecule has 0 spiro atoms. The number of methoxy groups -OCH3 is 1. The summed E-state index contributed by atoms with van der Waals surface area (Å²) < 4.78 is 11.2. The smallest absolute Gasteiger partial charge is 0.179 e. The van der Waals surface area contributed by atoms with E-state index in [4.69, 9.17) is 26.8 Å². The summed E-state index contributed by atoms with van der Waals surface area (Å²) in [5.41, 5.74) is 6.86. The summed E-state index contributed by atoms with van der Waals surface area (Å²) in [5, 5.41) is 0.579. The molecule has 0 atom stereocenters. The zero-order valence-corrected chi connectivity index (χ0v) is 12.6. The zero-order chi connectivity index (χ0) is 14.0. The number of halogens is 1. The third-order valence-electron chi connectivity index (χ3n) is 3.10. The van der Waals surface area contributed by atoms with E-state index < -0.39 is 0 Å². The fraction of sp³-hybridized carbons (Fsp3) is 0.600. The van der Waals surface area contributed by atoms with Crippen LogP contribution in [0.1, 0.15) is 32.3 Å². The molecule has 2 rings (SSSR count). The molecule has 2 N–H and O–H groups in total. The molecule has 19 heavy (non-hydrogen) atoms. The molecule has 0 aliphatic heterocycles. The molecule has 1 aromatic carbocycles. The summed E-state index contributed by atoms with van der Waals surface area (Å²) >= 11 is 6.25. The van der Waals surface area contributed by atoms with Crippen LogP contribution in [0.2, 0.25) is 5.02 Å². The molecule has 0 aromatic heterocycles. The molecule has 1 fully saturated rings. The van der Waals surface area contributed by atoms with E-state index in [1.807, 2.05) is 26.0 Å². The van der Waals surface area contributed by atoms with E-state index in [1.54, 1.807) is 7.11 Å². The first-order valence-electron chi connectivity index (χ1n) is 6.67. The fourth-order valence-corrected chi connectivity index (χ4v) is 2.36. The van der Waals surface area contributed by atoms with Gasteiger partial charge in [0, 0.05) is 5.54 Å². The maximum Gasteiger partial charge on any atom is 0.179 e. The molecule has 0 saturated heterocycles. The van der Waals surface area contributed by atoms with Gasteiger partial charge in [0.25, 0.3) is 0 Å². The van der Waals surface area contributed by atoms with E-state index in [2.05, 4.69) is 0 Å². The Labute approximate surface area is 120 Å². The lowest BCUT2D eigenvalue weighted by Crippen LogP contribution is -2.34. The highest BCUT2D eigenvalue weighted by molar-refractivity contribution is 6.32. The van der Waals surface area contributed by atoms with E-state index in [9.17, 15) is 0 Å². The molecular formula is C15H22ClNO2. The van der Waals surface area contributed by atoms with Gasteiger partial charge in [0.05, 0.1) is 18.7 Å². The van der Waals surface area contributed by atoms with Crippen LogP contribution in [0.4, 0.5) is 0 Å². The Balaban J connectivity index is 2.20. The summed E-state index contributed by atoms with van der Waals surface area (Å²) in [6.07, 6.45) is 3.26. The molecule has 1 aliphatic carbocycles. The molecule has 106 valence electrons. The van der Waals surface area contributed by atoms with Crippen LogP contribution in [-0.4, -0.2) is 19.3 Å². The minimum atomic E-state index is -0.272. The van der Waals surface area contributed by atoms with Crippen LogP contribution in [-0.2, 0) is 6.42 Å². The van der Waals surface area contributed by atoms with Crippen molar-refractivity contribution in [2.75, 3.05) is 13.7 Å². The Bertz CT molecular complexity index is 450. The number of hydrogen-bond acceptors (Lipinski definition) is 3. The lowest BCUT2D eigenvalue weighted by atomic mass is 9.96. The fourth-order valence-electron chi connectivity index (χ4n) is 2.05. The highest BCUT2D eigenvalue weighted by atomic mass is 35.5. The second kappa shape index (κ2) is 5.59. The van der Waals surface area contributed by atoms with Gasteiger partial charge in [-0.2, -0.15) is 0 Å². The maximum absolute atomic E-state index is 6.25. The van der Waals surface area contributed by atoms with Gasteiger partial charge < -0.3 is 15.2 Å². The van der Waals surface area contributed by atoms with Gasteiger partial charge in [0.2, 0.25) is 0 Å². The normalized spacial score (nSPS) is 15.4. The summed E-state index contributed by atoms with van der Waals surface area (Å²) in [7, 11) is 1.61. The Morgan fingerprint density at radius 3 is 2.58 bits per heavy atom. The monoisotopic (exact) mass is 283 g/mol. The molecule has 3 nitrogen and oxygen atoms in total. The Kier molecular flexibility index (Phi) is 4.26. The van der Waals surface area contributed by atoms with Crippen molar-refractivity contribution in [1.82, 2.24) is 0 Å². The number of nitrogens with two attached hydrogens (primary N) is 1. The highest BCUT2D eigenvalue weighted by Crippen LogP contribution is 2.38. The largest absolute Gasteiger partial charge is 0.491 e. The third-order valence-corrected chi connectivity index (χ3v) is 3.39. The Morgan fingerprint density at radius 2 is 2.05 bits per heavy atom. The number of rotatable bonds is 6. The SMILES string of the molecule is COc1c(Cl)cc(CC(C)(C)N)cc1OCC1CC1. The van der Waals surface area contributed by atoms with Crippen LogP contribution in [0.25, 0.3) is 0 Å². The van der Waals surface area contributed by atoms with Crippen molar-refractivity contribution < 1.29 is 9.47 Å². The molecule has 4 heteroatoms. The Hall–Kier alpha value is -0.930. The van der Waals surface area contributed by atoms with Crippen molar-refractivity contribution in [3.8, 4) is 11.5 Å². The van der Waals surface area contributed by atoms with Crippen molar-refractivity contribution in [2.24, 2.45) is 11.7 Å². The molecule has 0 amide bonds. The van der Waals surface area contributed by atoms with Gasteiger partial charge >= 0.3 is 0 Å². The average molecular weight is 284 g/mol. The van der Waals surface area contributed by atoms with Crippen molar-refractivity contribution in [3.63, 3.8) is 0 Å². The molecule has 0 radical (unpaired) electrons. The minimum absolute atomic E-state index is 0.272. The van der Waals surface area contributed by atoms with Crippen molar-refractivity contribution in [3.05, 3.63) is 22.7 Å². The number of ether oxygens (including phenoxy) is 2. The zero-order valence-electron chi connectivity index (χ0n) is 11.8. The number of benzene rings is 1. The molecule has 0 heterocycles. The van der Waals surface area contributed by atoms with Gasteiger partial charge in [0.15, 0.2) is 11.5 Å². The van der Waals surface area contributed by atoms with E-state index in [0.29, 0.717) is 16.7 Å². The van der Waals surface area contributed by atoms with Gasteiger partial charge in [-0.15, -0.1) is 0 Å². The lowest BCUT2D eigenvalue weighted by molar-refractivity contribution is 0.280. The predicted molar refractivity (Wildman–Crippen MR) is 78.2 cm³/mol. The highest BCUT2D eigenvalue weighted by Gasteiger charge is 2.23. The van der Waals surface area contributed by atoms with Gasteiger partial charge in [-0.05, 0) is 56.7 Å². The molecule has 0 unspecified atom stereocenters. The summed E-state index contributed by atoms with van der Waals surface area (Å²) in [4.78, 5) is 0. The van der Waals surface area contributed by atoms with Gasteiger partial charge in [0.1, 0.15) is 0 Å². The molecular weight excluding hydrogens is 262 g/mol. The number of hydrogen-bond donors (Lipinski definition) is 1. The van der Waals surface area contributed by atoms with Gasteiger partial charge in [-0.1, -0.05) is 11.6 Å². The standard InChI is InChI=1S/C15H22ClNO2/c1-15(2,17)8-11-6-12(16)14(18-3)13(7-11)19-9-10-4-5-10/h6-7,10H,4-5,8-9,17H2,1-3H3.